The highest BCUT2D eigenvalue weighted by atomic mass is 32.2. The third kappa shape index (κ3) is 5.06. The average molecular weight is 596 g/mol. The van der Waals surface area contributed by atoms with Gasteiger partial charge in [0, 0.05) is 40.7 Å². The number of hydrogen-bond donors (Lipinski definition) is 1. The van der Waals surface area contributed by atoms with E-state index in [1.54, 1.807) is 56.4 Å². The van der Waals surface area contributed by atoms with Gasteiger partial charge in [0.05, 0.1) is 22.1 Å². The van der Waals surface area contributed by atoms with Crippen LogP contribution in [0.5, 0.6) is 0 Å². The molecule has 0 unspecified atom stereocenters. The highest BCUT2D eigenvalue weighted by molar-refractivity contribution is 7.92. The molecule has 0 aliphatic rings. The van der Waals surface area contributed by atoms with E-state index in [9.17, 15) is 16.8 Å². The van der Waals surface area contributed by atoms with Crippen LogP contribution in [0.4, 0.5) is 5.69 Å². The maximum Gasteiger partial charge on any atom is 0.234 e. The Labute approximate surface area is 245 Å². The smallest absolute Gasteiger partial charge is 0.234 e. The standard InChI is InChI=1S/C33H29N3O4S2/c1-3-42(39,40)36(2)26-17-15-24(16-18-26)29-21-34-33-32(31(29)25-10-6-4-7-11-25)28-20-23(14-19-30(28)35-33)22-41(37,38)27-12-8-5-9-13-27/h4-21H,3,22H2,1-2H3,(H,34,35). The number of hydrogen-bond acceptors (Lipinski definition) is 5. The van der Waals surface area contributed by atoms with Crippen molar-refractivity contribution in [3.63, 3.8) is 0 Å². The molecule has 42 heavy (non-hydrogen) atoms. The monoisotopic (exact) mass is 595 g/mol. The molecule has 4 aromatic carbocycles. The number of aromatic nitrogens is 2. The number of anilines is 1. The molecular weight excluding hydrogens is 567 g/mol. The second kappa shape index (κ2) is 10.7. The minimum Gasteiger partial charge on any atom is -0.339 e. The molecule has 9 heteroatoms. The maximum absolute atomic E-state index is 13.2. The number of sulfone groups is 1. The van der Waals surface area contributed by atoms with Crippen molar-refractivity contribution < 1.29 is 16.8 Å². The quantitative estimate of drug-likeness (QED) is 0.208. The molecule has 212 valence electrons. The zero-order valence-corrected chi connectivity index (χ0v) is 24.8. The van der Waals surface area contributed by atoms with Gasteiger partial charge in [0.2, 0.25) is 10.0 Å². The van der Waals surface area contributed by atoms with E-state index in [0.29, 0.717) is 21.8 Å². The molecule has 0 bridgehead atoms. The summed E-state index contributed by atoms with van der Waals surface area (Å²) < 4.78 is 52.4. The topological polar surface area (TPSA) is 100 Å². The lowest BCUT2D eigenvalue weighted by Gasteiger charge is -2.19. The fourth-order valence-electron chi connectivity index (χ4n) is 5.25. The first-order valence-corrected chi connectivity index (χ1v) is 16.8. The molecule has 0 radical (unpaired) electrons. The number of nitrogens with one attached hydrogen (secondary N) is 1. The van der Waals surface area contributed by atoms with E-state index in [2.05, 4.69) is 4.98 Å². The van der Waals surface area contributed by atoms with Crippen LogP contribution in [0.25, 0.3) is 44.2 Å². The Hall–Kier alpha value is -4.47. The second-order valence-electron chi connectivity index (χ2n) is 10.1. The van der Waals surface area contributed by atoms with Gasteiger partial charge in [-0.1, -0.05) is 66.7 Å². The summed E-state index contributed by atoms with van der Waals surface area (Å²) in [5, 5.41) is 1.77. The van der Waals surface area contributed by atoms with Gasteiger partial charge in [0.15, 0.2) is 9.84 Å². The fourth-order valence-corrected chi connectivity index (χ4v) is 7.44. The Kier molecular flexibility index (Phi) is 7.08. The molecule has 1 N–H and O–H groups in total. The highest BCUT2D eigenvalue weighted by Crippen LogP contribution is 2.41. The van der Waals surface area contributed by atoms with Crippen molar-refractivity contribution in [3.05, 3.63) is 115 Å². The third-order valence-electron chi connectivity index (χ3n) is 7.53. The molecule has 2 aromatic heterocycles. The number of aromatic amines is 1. The summed E-state index contributed by atoms with van der Waals surface area (Å²) in [6, 6.07) is 31.5. The largest absolute Gasteiger partial charge is 0.339 e. The van der Waals surface area contributed by atoms with Crippen LogP contribution in [0.15, 0.2) is 114 Å². The summed E-state index contributed by atoms with van der Waals surface area (Å²) in [4.78, 5) is 8.45. The number of rotatable bonds is 8. The molecule has 0 spiro atoms. The van der Waals surface area contributed by atoms with E-state index in [1.165, 1.54) is 4.31 Å². The predicted molar refractivity (Wildman–Crippen MR) is 170 cm³/mol. The number of nitrogens with zero attached hydrogens (tertiary/aromatic N) is 2. The zero-order chi connectivity index (χ0) is 29.5. The van der Waals surface area contributed by atoms with Gasteiger partial charge in [-0.3, -0.25) is 4.31 Å². The van der Waals surface area contributed by atoms with Crippen LogP contribution in [0.2, 0.25) is 0 Å². The molecule has 6 aromatic rings. The van der Waals surface area contributed by atoms with Crippen molar-refractivity contribution >= 4 is 47.5 Å². The molecule has 0 aliphatic heterocycles. The van der Waals surface area contributed by atoms with E-state index in [-0.39, 0.29) is 11.5 Å². The van der Waals surface area contributed by atoms with Gasteiger partial charge in [0.25, 0.3) is 0 Å². The molecule has 0 saturated carbocycles. The Morgan fingerprint density at radius 3 is 2.12 bits per heavy atom. The lowest BCUT2D eigenvalue weighted by molar-refractivity contribution is 0.593. The van der Waals surface area contributed by atoms with E-state index in [0.717, 1.165) is 38.5 Å². The number of H-pyrrole nitrogens is 1. The fraction of sp³-hybridized carbons (Fsp3) is 0.121. The summed E-state index contributed by atoms with van der Waals surface area (Å²) in [6.07, 6.45) is 1.82. The molecule has 0 amide bonds. The van der Waals surface area contributed by atoms with Crippen molar-refractivity contribution in [2.45, 2.75) is 17.6 Å². The van der Waals surface area contributed by atoms with Crippen LogP contribution in [-0.2, 0) is 25.6 Å². The van der Waals surface area contributed by atoms with E-state index >= 15 is 0 Å². The summed E-state index contributed by atoms with van der Waals surface area (Å²) in [6.45, 7) is 1.62. The molecule has 2 heterocycles. The Bertz CT molecular complexity index is 2130. The van der Waals surface area contributed by atoms with Crippen LogP contribution < -0.4 is 4.31 Å². The average Bonchev–Trinajstić information content (AvgIpc) is 3.39. The van der Waals surface area contributed by atoms with Crippen molar-refractivity contribution in [2.24, 2.45) is 0 Å². The zero-order valence-electron chi connectivity index (χ0n) is 23.2. The van der Waals surface area contributed by atoms with Gasteiger partial charge in [-0.05, 0) is 60.0 Å². The summed E-state index contributed by atoms with van der Waals surface area (Å²) in [7, 11) is -5.36. The minimum absolute atomic E-state index is 0.0131. The van der Waals surface area contributed by atoms with Gasteiger partial charge in [-0.2, -0.15) is 0 Å². The molecule has 7 nitrogen and oxygen atoms in total. The van der Waals surface area contributed by atoms with Crippen molar-refractivity contribution in [1.82, 2.24) is 9.97 Å². The molecule has 0 saturated heterocycles. The van der Waals surface area contributed by atoms with Crippen molar-refractivity contribution in [3.8, 4) is 22.3 Å². The molecule has 0 aliphatic carbocycles. The van der Waals surface area contributed by atoms with Crippen molar-refractivity contribution in [1.29, 1.82) is 0 Å². The van der Waals surface area contributed by atoms with Gasteiger partial charge in [-0.15, -0.1) is 0 Å². The maximum atomic E-state index is 13.2. The minimum atomic E-state index is -3.53. The lowest BCUT2D eigenvalue weighted by atomic mass is 9.92. The SMILES string of the molecule is CCS(=O)(=O)N(C)c1ccc(-c2cnc3[nH]c4ccc(CS(=O)(=O)c5ccccc5)cc4c3c2-c2ccccc2)cc1. The summed E-state index contributed by atoms with van der Waals surface area (Å²) in [5.41, 5.74) is 6.51. The lowest BCUT2D eigenvalue weighted by Crippen LogP contribution is -2.27. The Morgan fingerprint density at radius 1 is 0.786 bits per heavy atom. The first kappa shape index (κ1) is 27.7. The number of fused-ring (bicyclic) bond motifs is 3. The van der Waals surface area contributed by atoms with Crippen LogP contribution in [-0.4, -0.2) is 39.6 Å². The Balaban J connectivity index is 1.52. The normalized spacial score (nSPS) is 12.1. The highest BCUT2D eigenvalue weighted by Gasteiger charge is 2.21. The number of benzene rings is 4. The molecule has 0 fully saturated rings. The van der Waals surface area contributed by atoms with Gasteiger partial charge in [-0.25, -0.2) is 21.8 Å². The van der Waals surface area contributed by atoms with Crippen LogP contribution in [0.3, 0.4) is 0 Å². The number of sulfonamides is 1. The van der Waals surface area contributed by atoms with Gasteiger partial charge >= 0.3 is 0 Å². The first-order valence-electron chi connectivity index (χ1n) is 13.5. The van der Waals surface area contributed by atoms with E-state index < -0.39 is 19.9 Å². The van der Waals surface area contributed by atoms with Crippen LogP contribution in [0.1, 0.15) is 12.5 Å². The van der Waals surface area contributed by atoms with Gasteiger partial charge < -0.3 is 4.98 Å². The third-order valence-corrected chi connectivity index (χ3v) is 11.0. The summed E-state index contributed by atoms with van der Waals surface area (Å²) >= 11 is 0. The van der Waals surface area contributed by atoms with Crippen LogP contribution >= 0.6 is 0 Å². The number of pyridine rings is 1. The molecular formula is C33H29N3O4S2. The van der Waals surface area contributed by atoms with Crippen LogP contribution in [0, 0.1) is 0 Å². The van der Waals surface area contributed by atoms with Gasteiger partial charge in [0.1, 0.15) is 5.65 Å². The van der Waals surface area contributed by atoms with E-state index in [1.807, 2.05) is 66.9 Å². The van der Waals surface area contributed by atoms with E-state index in [4.69, 9.17) is 4.98 Å². The van der Waals surface area contributed by atoms with Crippen molar-refractivity contribution in [2.75, 3.05) is 17.1 Å². The predicted octanol–water partition coefficient (Wildman–Crippen LogP) is 6.81. The second-order valence-corrected chi connectivity index (χ2v) is 14.4. The molecule has 0 atom stereocenters. The first-order chi connectivity index (χ1) is 20.2. The molecule has 6 rings (SSSR count). The summed E-state index contributed by atoms with van der Waals surface area (Å²) in [5.74, 6) is -0.109. The Morgan fingerprint density at radius 2 is 1.45 bits per heavy atom.